The molecule has 10 heteroatoms. The molecule has 1 amide bonds. The minimum Gasteiger partial charge on any atom is -0.487 e. The zero-order chi connectivity index (χ0) is 31.4. The average molecular weight is 657 g/mol. The van der Waals surface area contributed by atoms with Crippen LogP contribution >= 0.6 is 11.6 Å². The second-order valence-electron chi connectivity index (χ2n) is 13.2. The summed E-state index contributed by atoms with van der Waals surface area (Å²) in [5, 5.41) is 11.1. The number of halogens is 1. The van der Waals surface area contributed by atoms with E-state index in [-0.39, 0.29) is 17.4 Å². The number of sulfonamides is 1. The van der Waals surface area contributed by atoms with Gasteiger partial charge in [0.25, 0.3) is 5.91 Å². The van der Waals surface area contributed by atoms with Gasteiger partial charge in [0.05, 0.1) is 17.0 Å². The van der Waals surface area contributed by atoms with E-state index in [0.717, 1.165) is 69.3 Å². The van der Waals surface area contributed by atoms with Crippen LogP contribution in [-0.4, -0.2) is 57.1 Å². The third kappa shape index (κ3) is 7.87. The zero-order valence-corrected chi connectivity index (χ0v) is 27.4. The van der Waals surface area contributed by atoms with Crippen LogP contribution in [0, 0.1) is 17.8 Å². The van der Waals surface area contributed by atoms with Crippen molar-refractivity contribution in [1.82, 2.24) is 4.72 Å². The number of carbonyl (C=O) groups is 1. The van der Waals surface area contributed by atoms with Gasteiger partial charge < -0.3 is 19.5 Å². The van der Waals surface area contributed by atoms with Crippen molar-refractivity contribution < 1.29 is 27.8 Å². The van der Waals surface area contributed by atoms with E-state index in [2.05, 4.69) is 9.62 Å². The molecule has 244 valence electrons. The smallest absolute Gasteiger partial charge is 0.264 e. The highest BCUT2D eigenvalue weighted by molar-refractivity contribution is 7.90. The van der Waals surface area contributed by atoms with Gasteiger partial charge in [-0.15, -0.1) is 0 Å². The fraction of sp³-hybridized carbons (Fsp3) is 0.571. The van der Waals surface area contributed by atoms with Crippen LogP contribution in [0.4, 0.5) is 5.69 Å². The number of carbonyl (C=O) groups excluding carboxylic acids is 1. The van der Waals surface area contributed by atoms with Crippen LogP contribution in [0.2, 0.25) is 5.02 Å². The summed E-state index contributed by atoms with van der Waals surface area (Å²) < 4.78 is 41.8. The summed E-state index contributed by atoms with van der Waals surface area (Å²) in [5.41, 5.74) is 3.31. The Kier molecular flexibility index (Phi) is 10.4. The monoisotopic (exact) mass is 656 g/mol. The summed E-state index contributed by atoms with van der Waals surface area (Å²) in [5.74, 6) is 0.685. The topological polar surface area (TPSA) is 105 Å². The molecule has 2 bridgehead atoms. The first kappa shape index (κ1) is 32.4. The van der Waals surface area contributed by atoms with E-state index in [9.17, 15) is 18.3 Å². The molecule has 2 N–H and O–H groups in total. The van der Waals surface area contributed by atoms with Crippen LogP contribution in [0.25, 0.3) is 0 Å². The Morgan fingerprint density at radius 2 is 1.84 bits per heavy atom. The Balaban J connectivity index is 1.34. The van der Waals surface area contributed by atoms with Crippen LogP contribution in [0.15, 0.2) is 48.6 Å². The number of aryl methyl sites for hydroxylation is 1. The predicted molar refractivity (Wildman–Crippen MR) is 176 cm³/mol. The number of hydrogen-bond donors (Lipinski definition) is 2. The zero-order valence-electron chi connectivity index (χ0n) is 25.8. The van der Waals surface area contributed by atoms with Gasteiger partial charge in [-0.1, -0.05) is 29.8 Å². The van der Waals surface area contributed by atoms with Crippen LogP contribution in [0.3, 0.4) is 0 Å². The number of nitrogens with zero attached hydrogens (tertiary/aromatic N) is 1. The molecule has 0 radical (unpaired) electrons. The number of benzene rings is 2. The number of hydrogen-bond acceptors (Lipinski definition) is 7. The first-order valence-corrected chi connectivity index (χ1v) is 18.5. The Hall–Kier alpha value is -2.59. The van der Waals surface area contributed by atoms with Gasteiger partial charge in [0, 0.05) is 36.9 Å². The van der Waals surface area contributed by atoms with Gasteiger partial charge in [-0.2, -0.15) is 0 Å². The third-order valence-electron chi connectivity index (χ3n) is 10.2. The Morgan fingerprint density at radius 3 is 2.64 bits per heavy atom. The van der Waals surface area contributed by atoms with Crippen LogP contribution < -0.4 is 14.4 Å². The molecule has 6 rings (SSSR count). The van der Waals surface area contributed by atoms with Gasteiger partial charge in [-0.3, -0.25) is 4.79 Å². The Bertz CT molecular complexity index is 1490. The van der Waals surface area contributed by atoms with Crippen molar-refractivity contribution in [3.8, 4) is 5.75 Å². The van der Waals surface area contributed by atoms with Crippen molar-refractivity contribution in [3.05, 3.63) is 70.3 Å². The maximum atomic E-state index is 13.7. The number of aliphatic hydroxyl groups is 1. The summed E-state index contributed by atoms with van der Waals surface area (Å²) in [6.45, 7) is 3.09. The molecule has 4 atom stereocenters. The molecular formula is C35H45ClN2O6S. The molecule has 3 aliphatic heterocycles. The molecule has 45 heavy (non-hydrogen) atoms. The van der Waals surface area contributed by atoms with Gasteiger partial charge in [-0.05, 0) is 123 Å². The highest BCUT2D eigenvalue weighted by atomic mass is 35.5. The molecule has 1 saturated heterocycles. The molecular weight excluding hydrogens is 612 g/mol. The van der Waals surface area contributed by atoms with E-state index >= 15 is 0 Å². The molecule has 8 nitrogen and oxygen atoms in total. The molecule has 4 aliphatic rings. The predicted octanol–water partition coefficient (Wildman–Crippen LogP) is 6.04. The number of aliphatic hydroxyl groups excluding tert-OH is 1. The SMILES string of the molecule is O=C1NS(=O)(=O)[C@H](CC2CCOCC2)CC/C=C/[C@H](O)[C@@H]2CC[C@H]2CN2CCCCc3cc(Cl)ccc3COc3ccc1cc32. The number of allylic oxidation sites excluding steroid dienone is 1. The lowest BCUT2D eigenvalue weighted by Crippen LogP contribution is -2.43. The Morgan fingerprint density at radius 1 is 1.00 bits per heavy atom. The van der Waals surface area contributed by atoms with E-state index in [0.29, 0.717) is 55.8 Å². The second kappa shape index (κ2) is 14.4. The van der Waals surface area contributed by atoms with Crippen molar-refractivity contribution in [2.24, 2.45) is 17.8 Å². The van der Waals surface area contributed by atoms with Crippen molar-refractivity contribution in [2.45, 2.75) is 82.2 Å². The number of ether oxygens (including phenoxy) is 2. The van der Waals surface area contributed by atoms with Crippen molar-refractivity contribution >= 4 is 33.2 Å². The molecule has 0 unspecified atom stereocenters. The Labute approximate surface area is 272 Å². The molecule has 2 fully saturated rings. The number of anilines is 1. The highest BCUT2D eigenvalue weighted by Crippen LogP contribution is 2.41. The van der Waals surface area contributed by atoms with Crippen molar-refractivity contribution in [1.29, 1.82) is 0 Å². The largest absolute Gasteiger partial charge is 0.487 e. The number of nitrogens with one attached hydrogen (secondary N) is 1. The van der Waals surface area contributed by atoms with Crippen LogP contribution in [0.5, 0.6) is 5.75 Å². The quantitative estimate of drug-likeness (QED) is 0.380. The van der Waals surface area contributed by atoms with Gasteiger partial charge in [0.15, 0.2) is 0 Å². The van der Waals surface area contributed by atoms with Crippen LogP contribution in [-0.2, 0) is 27.8 Å². The number of amides is 1. The molecule has 1 aliphatic carbocycles. The van der Waals surface area contributed by atoms with Gasteiger partial charge in [0.1, 0.15) is 12.4 Å². The van der Waals surface area contributed by atoms with E-state index in [1.54, 1.807) is 18.2 Å². The first-order valence-electron chi connectivity index (χ1n) is 16.5. The molecule has 2 aromatic carbocycles. The van der Waals surface area contributed by atoms with E-state index in [1.807, 2.05) is 30.4 Å². The van der Waals surface area contributed by atoms with Crippen LogP contribution in [0.1, 0.15) is 79.3 Å². The average Bonchev–Trinajstić information content (AvgIpc) is 3.03. The third-order valence-corrected chi connectivity index (χ3v) is 12.2. The molecule has 0 spiro atoms. The van der Waals surface area contributed by atoms with Crippen molar-refractivity contribution in [2.75, 3.05) is 31.2 Å². The fourth-order valence-electron chi connectivity index (χ4n) is 7.32. The first-order chi connectivity index (χ1) is 21.8. The fourth-order valence-corrected chi connectivity index (χ4v) is 9.03. The second-order valence-corrected chi connectivity index (χ2v) is 15.6. The van der Waals surface area contributed by atoms with E-state index < -0.39 is 27.3 Å². The maximum Gasteiger partial charge on any atom is 0.264 e. The van der Waals surface area contributed by atoms with Gasteiger partial charge >= 0.3 is 0 Å². The lowest BCUT2D eigenvalue weighted by Gasteiger charge is -2.42. The minimum absolute atomic E-state index is 0.136. The summed E-state index contributed by atoms with van der Waals surface area (Å²) in [7, 11) is -3.96. The minimum atomic E-state index is -3.96. The van der Waals surface area contributed by atoms with Gasteiger partial charge in [-0.25, -0.2) is 13.1 Å². The molecule has 0 aromatic heterocycles. The summed E-state index contributed by atoms with van der Waals surface area (Å²) in [4.78, 5) is 15.9. The highest BCUT2D eigenvalue weighted by Gasteiger charge is 2.37. The van der Waals surface area contributed by atoms with Gasteiger partial charge in [0.2, 0.25) is 10.0 Å². The van der Waals surface area contributed by atoms with Crippen molar-refractivity contribution in [3.63, 3.8) is 0 Å². The molecule has 1 saturated carbocycles. The standard InChI is InChI=1S/C35H45ClN2O6S/c36-29-11-8-28-23-44-34-13-10-26-21-32(34)38(16-4-3-5-25(28)20-29)22-27-9-12-31(27)33(39)7-2-1-6-30(45(41,42)37-35(26)40)19-24-14-17-43-18-15-24/h2,7-8,10-11,13,20-21,24,27,30-31,33,39H,1,3-6,9,12,14-19,22-23H2,(H,37,40)/b7-2+/t27-,30-,31+,33-/m0/s1. The summed E-state index contributed by atoms with van der Waals surface area (Å²) >= 11 is 6.33. The van der Waals surface area contributed by atoms with E-state index in [1.165, 1.54) is 5.56 Å². The summed E-state index contributed by atoms with van der Waals surface area (Å²) in [6, 6.07) is 11.1. The van der Waals surface area contributed by atoms with E-state index in [4.69, 9.17) is 21.1 Å². The molecule has 2 aromatic rings. The summed E-state index contributed by atoms with van der Waals surface area (Å²) in [6.07, 6.45) is 11.0. The molecule has 3 heterocycles. The number of fused-ring (bicyclic) bond motifs is 3. The number of rotatable bonds is 2. The maximum absolute atomic E-state index is 13.7. The lowest BCUT2D eigenvalue weighted by molar-refractivity contribution is 0.0461. The normalized spacial score (nSPS) is 28.7. The lowest BCUT2D eigenvalue weighted by atomic mass is 9.70.